The topological polar surface area (TPSA) is 105 Å². The number of H-pyrrole nitrogens is 1. The molecule has 0 aliphatic carbocycles. The lowest BCUT2D eigenvalue weighted by Gasteiger charge is -2.16. The summed E-state index contributed by atoms with van der Waals surface area (Å²) in [6.45, 7) is 1.82. The van der Waals surface area contributed by atoms with Gasteiger partial charge in [0.2, 0.25) is 10.0 Å². The van der Waals surface area contributed by atoms with Crippen LogP contribution in [0, 0.1) is 6.92 Å². The van der Waals surface area contributed by atoms with Gasteiger partial charge in [0.25, 0.3) is 0 Å². The van der Waals surface area contributed by atoms with Crippen molar-refractivity contribution in [2.24, 2.45) is 0 Å². The fourth-order valence-electron chi connectivity index (χ4n) is 1.67. The van der Waals surface area contributed by atoms with Gasteiger partial charge in [0, 0.05) is 11.5 Å². The molecular formula is C11H14BrN5O2S. The number of rotatable bonds is 4. The van der Waals surface area contributed by atoms with E-state index in [1.165, 1.54) is 13.1 Å². The first-order chi connectivity index (χ1) is 9.30. The van der Waals surface area contributed by atoms with Crippen LogP contribution in [0.4, 0.5) is 5.69 Å². The van der Waals surface area contributed by atoms with Crippen molar-refractivity contribution >= 4 is 31.6 Å². The molecule has 1 aromatic carbocycles. The summed E-state index contributed by atoms with van der Waals surface area (Å²) in [7, 11) is -2.22. The molecule has 0 unspecified atom stereocenters. The van der Waals surface area contributed by atoms with E-state index in [9.17, 15) is 8.42 Å². The van der Waals surface area contributed by atoms with Crippen molar-refractivity contribution in [3.63, 3.8) is 0 Å². The van der Waals surface area contributed by atoms with Crippen molar-refractivity contribution < 1.29 is 8.42 Å². The molecule has 7 nitrogen and oxygen atoms in total. The van der Waals surface area contributed by atoms with Crippen LogP contribution in [0.2, 0.25) is 0 Å². The molecule has 0 saturated heterocycles. The molecule has 0 spiro atoms. The van der Waals surface area contributed by atoms with Crippen molar-refractivity contribution in [2.45, 2.75) is 18.4 Å². The normalized spacial score (nSPS) is 12.0. The van der Waals surface area contributed by atoms with E-state index in [0.717, 1.165) is 8.78 Å². The van der Waals surface area contributed by atoms with Crippen LogP contribution in [-0.4, -0.2) is 35.0 Å². The van der Waals surface area contributed by atoms with Crippen molar-refractivity contribution in [3.05, 3.63) is 34.3 Å². The summed E-state index contributed by atoms with van der Waals surface area (Å²) in [5, 5.41) is 6.59. The Morgan fingerprint density at radius 2 is 2.15 bits per heavy atom. The second-order valence-corrected chi connectivity index (χ2v) is 7.21. The van der Waals surface area contributed by atoms with Gasteiger partial charge in [-0.1, -0.05) is 15.9 Å². The largest absolute Gasteiger partial charge is 0.398 e. The zero-order valence-electron chi connectivity index (χ0n) is 11.0. The Morgan fingerprint density at radius 1 is 1.45 bits per heavy atom. The quantitative estimate of drug-likeness (QED) is 0.799. The monoisotopic (exact) mass is 359 g/mol. The number of halogens is 1. The number of hydrogen-bond acceptors (Lipinski definition) is 5. The summed E-state index contributed by atoms with van der Waals surface area (Å²) in [5.41, 5.74) is 5.96. The average Bonchev–Trinajstić information content (AvgIpc) is 2.74. The van der Waals surface area contributed by atoms with E-state index in [1.54, 1.807) is 19.1 Å². The third-order valence-corrected chi connectivity index (χ3v) is 5.04. The lowest BCUT2D eigenvalue weighted by Crippen LogP contribution is -2.27. The zero-order valence-corrected chi connectivity index (χ0v) is 13.4. The van der Waals surface area contributed by atoms with Crippen molar-refractivity contribution in [3.8, 4) is 0 Å². The van der Waals surface area contributed by atoms with E-state index < -0.39 is 10.0 Å². The molecule has 0 fully saturated rings. The Morgan fingerprint density at radius 3 is 2.70 bits per heavy atom. The Kier molecular flexibility index (Phi) is 4.11. The number of nitrogens with one attached hydrogen (secondary N) is 1. The molecule has 0 radical (unpaired) electrons. The van der Waals surface area contributed by atoms with Crippen LogP contribution >= 0.6 is 15.9 Å². The maximum absolute atomic E-state index is 12.4. The van der Waals surface area contributed by atoms with E-state index in [2.05, 4.69) is 31.1 Å². The lowest BCUT2D eigenvalue weighted by atomic mass is 10.3. The average molecular weight is 360 g/mol. The lowest BCUT2D eigenvalue weighted by molar-refractivity contribution is 0.457. The fraction of sp³-hybridized carbons (Fsp3) is 0.273. The van der Waals surface area contributed by atoms with Crippen LogP contribution in [0.3, 0.4) is 0 Å². The molecule has 0 saturated carbocycles. The first-order valence-corrected chi connectivity index (χ1v) is 7.93. The number of aromatic amines is 1. The molecule has 20 heavy (non-hydrogen) atoms. The van der Waals surface area contributed by atoms with E-state index in [1.807, 2.05) is 0 Å². The zero-order chi connectivity index (χ0) is 14.9. The third-order valence-electron chi connectivity index (χ3n) is 2.67. The molecule has 3 N–H and O–H groups in total. The summed E-state index contributed by atoms with van der Waals surface area (Å²) >= 11 is 3.24. The Labute approximate surface area is 125 Å². The van der Waals surface area contributed by atoms with Crippen LogP contribution in [0.15, 0.2) is 27.6 Å². The van der Waals surface area contributed by atoms with Crippen molar-refractivity contribution in [1.29, 1.82) is 0 Å². The SMILES string of the molecule is Cc1nc(CN(C)S(=O)(=O)c2ccc(Br)cc2N)n[nH]1. The number of nitrogen functional groups attached to an aromatic ring is 1. The maximum atomic E-state index is 12.4. The van der Waals surface area contributed by atoms with Gasteiger partial charge in [0.05, 0.1) is 12.2 Å². The molecule has 2 rings (SSSR count). The summed E-state index contributed by atoms with van der Waals surface area (Å²) in [4.78, 5) is 4.15. The second kappa shape index (κ2) is 5.51. The number of hydrogen-bond donors (Lipinski definition) is 2. The Balaban J connectivity index is 2.29. The number of benzene rings is 1. The van der Waals surface area contributed by atoms with Crippen LogP contribution < -0.4 is 5.73 Å². The van der Waals surface area contributed by atoms with Gasteiger partial charge < -0.3 is 5.73 Å². The van der Waals surface area contributed by atoms with E-state index >= 15 is 0 Å². The minimum Gasteiger partial charge on any atom is -0.398 e. The molecule has 0 aliphatic heterocycles. The number of sulfonamides is 1. The molecule has 9 heteroatoms. The second-order valence-electron chi connectivity index (χ2n) is 4.28. The summed E-state index contributed by atoms with van der Waals surface area (Å²) in [6, 6.07) is 4.65. The molecule has 0 amide bonds. The van der Waals surface area contributed by atoms with Crippen LogP contribution in [-0.2, 0) is 16.6 Å². The smallest absolute Gasteiger partial charge is 0.245 e. The number of nitrogens with two attached hydrogens (primary N) is 1. The highest BCUT2D eigenvalue weighted by Gasteiger charge is 2.24. The molecule has 1 heterocycles. The molecule has 1 aromatic heterocycles. The van der Waals surface area contributed by atoms with Gasteiger partial charge in [-0.05, 0) is 25.1 Å². The minimum absolute atomic E-state index is 0.0652. The van der Waals surface area contributed by atoms with E-state index in [4.69, 9.17) is 5.73 Å². The van der Waals surface area contributed by atoms with Gasteiger partial charge in [-0.15, -0.1) is 0 Å². The molecule has 0 atom stereocenters. The predicted molar refractivity (Wildman–Crippen MR) is 78.3 cm³/mol. The number of nitrogens with zero attached hydrogens (tertiary/aromatic N) is 3. The third kappa shape index (κ3) is 3.00. The molecule has 2 aromatic rings. The van der Waals surface area contributed by atoms with Gasteiger partial charge in [-0.3, -0.25) is 5.10 Å². The molecule has 0 bridgehead atoms. The number of aryl methyl sites for hydroxylation is 1. The van der Waals surface area contributed by atoms with Crippen LogP contribution in [0.5, 0.6) is 0 Å². The molecule has 0 aliphatic rings. The predicted octanol–water partition coefficient (Wildman–Crippen LogP) is 1.28. The highest BCUT2D eigenvalue weighted by atomic mass is 79.9. The number of anilines is 1. The van der Waals surface area contributed by atoms with Crippen molar-refractivity contribution in [2.75, 3.05) is 12.8 Å². The Hall–Kier alpha value is -1.45. The first kappa shape index (κ1) is 14.9. The van der Waals surface area contributed by atoms with Gasteiger partial charge in [0.1, 0.15) is 10.7 Å². The van der Waals surface area contributed by atoms with Gasteiger partial charge in [0.15, 0.2) is 5.82 Å². The Bertz CT molecular complexity index is 728. The minimum atomic E-state index is -3.68. The van der Waals surface area contributed by atoms with E-state index in [-0.39, 0.29) is 17.1 Å². The van der Waals surface area contributed by atoms with Gasteiger partial charge in [-0.2, -0.15) is 9.40 Å². The van der Waals surface area contributed by atoms with Gasteiger partial charge >= 0.3 is 0 Å². The van der Waals surface area contributed by atoms with Crippen molar-refractivity contribution in [1.82, 2.24) is 19.5 Å². The van der Waals surface area contributed by atoms with Crippen LogP contribution in [0.25, 0.3) is 0 Å². The highest BCUT2D eigenvalue weighted by molar-refractivity contribution is 9.10. The highest BCUT2D eigenvalue weighted by Crippen LogP contribution is 2.25. The van der Waals surface area contributed by atoms with E-state index in [0.29, 0.717) is 11.6 Å². The van der Waals surface area contributed by atoms with Crippen LogP contribution in [0.1, 0.15) is 11.6 Å². The summed E-state index contributed by atoms with van der Waals surface area (Å²) < 4.78 is 26.8. The standard InChI is InChI=1S/C11H14BrN5O2S/c1-7-14-11(16-15-7)6-17(2)20(18,19)10-4-3-8(12)5-9(10)13/h3-5H,6,13H2,1-2H3,(H,14,15,16). The summed E-state index contributed by atoms with van der Waals surface area (Å²) in [6.07, 6.45) is 0. The first-order valence-electron chi connectivity index (χ1n) is 5.70. The molecular weight excluding hydrogens is 346 g/mol. The van der Waals surface area contributed by atoms with Gasteiger partial charge in [-0.25, -0.2) is 13.4 Å². The fourth-order valence-corrected chi connectivity index (χ4v) is 3.26. The number of aromatic nitrogens is 3. The molecule has 108 valence electrons. The maximum Gasteiger partial charge on any atom is 0.245 e. The summed E-state index contributed by atoms with van der Waals surface area (Å²) in [5.74, 6) is 1.04.